The average Bonchev–Trinajstić information content (AvgIpc) is 2.47. The van der Waals surface area contributed by atoms with E-state index >= 15 is 0 Å². The van der Waals surface area contributed by atoms with Gasteiger partial charge in [-0.25, -0.2) is 0 Å². The van der Waals surface area contributed by atoms with Crippen molar-refractivity contribution in [3.63, 3.8) is 0 Å². The Morgan fingerprint density at radius 3 is 2.89 bits per heavy atom. The van der Waals surface area contributed by atoms with Gasteiger partial charge in [0.15, 0.2) is 0 Å². The maximum absolute atomic E-state index is 12.4. The minimum Gasteiger partial charge on any atom is -0.341 e. The molecule has 1 heterocycles. The molecular formula is C15H19N3O. The molecule has 1 aromatic rings. The van der Waals surface area contributed by atoms with Gasteiger partial charge < -0.3 is 10.2 Å². The van der Waals surface area contributed by atoms with Gasteiger partial charge in [-0.05, 0) is 24.5 Å². The molecule has 1 aliphatic rings. The minimum atomic E-state index is -0.159. The summed E-state index contributed by atoms with van der Waals surface area (Å²) in [6, 6.07) is 10.1. The lowest BCUT2D eigenvalue weighted by molar-refractivity contribution is -0.133. The Morgan fingerprint density at radius 1 is 1.47 bits per heavy atom. The van der Waals surface area contributed by atoms with Crippen LogP contribution in [0.3, 0.4) is 0 Å². The minimum absolute atomic E-state index is 0.104. The fourth-order valence-corrected chi connectivity index (χ4v) is 2.46. The number of benzene rings is 1. The van der Waals surface area contributed by atoms with Crippen molar-refractivity contribution < 1.29 is 4.79 Å². The van der Waals surface area contributed by atoms with Gasteiger partial charge >= 0.3 is 0 Å². The van der Waals surface area contributed by atoms with Crippen molar-refractivity contribution in [3.05, 3.63) is 35.4 Å². The van der Waals surface area contributed by atoms with E-state index in [0.29, 0.717) is 19.5 Å². The number of hydrogen-bond donors (Lipinski definition) is 1. The second-order valence-corrected chi connectivity index (χ2v) is 4.73. The summed E-state index contributed by atoms with van der Waals surface area (Å²) in [7, 11) is 0. The Balaban J connectivity index is 2.03. The number of amides is 1. The van der Waals surface area contributed by atoms with Crippen molar-refractivity contribution in [2.45, 2.75) is 32.4 Å². The molecule has 2 rings (SSSR count). The topological polar surface area (TPSA) is 56.1 Å². The molecule has 0 aliphatic carbocycles. The fraction of sp³-hybridized carbons (Fsp3) is 0.467. The van der Waals surface area contributed by atoms with Gasteiger partial charge in [0.2, 0.25) is 5.91 Å². The number of hydrogen-bond acceptors (Lipinski definition) is 3. The molecule has 1 amide bonds. The van der Waals surface area contributed by atoms with Crippen LogP contribution in [0.4, 0.5) is 0 Å². The van der Waals surface area contributed by atoms with Crippen molar-refractivity contribution in [2.24, 2.45) is 0 Å². The normalized spacial score (nSPS) is 17.4. The predicted octanol–water partition coefficient (Wildman–Crippen LogP) is 1.46. The maximum atomic E-state index is 12.4. The van der Waals surface area contributed by atoms with Crippen molar-refractivity contribution in [3.8, 4) is 6.07 Å². The average molecular weight is 257 g/mol. The highest BCUT2D eigenvalue weighted by molar-refractivity contribution is 5.82. The van der Waals surface area contributed by atoms with Crippen molar-refractivity contribution >= 4 is 5.91 Å². The van der Waals surface area contributed by atoms with Gasteiger partial charge in [0, 0.05) is 19.6 Å². The molecule has 0 spiro atoms. The van der Waals surface area contributed by atoms with Crippen molar-refractivity contribution in [2.75, 3.05) is 13.1 Å². The molecule has 0 aromatic heterocycles. The number of carbonyl (C=O) groups is 1. The van der Waals surface area contributed by atoms with Gasteiger partial charge in [0.25, 0.3) is 0 Å². The zero-order chi connectivity index (χ0) is 13.7. The van der Waals surface area contributed by atoms with Gasteiger partial charge in [-0.2, -0.15) is 5.26 Å². The Kier molecular flexibility index (Phi) is 4.53. The van der Waals surface area contributed by atoms with Crippen LogP contribution in [-0.4, -0.2) is 29.9 Å². The molecule has 0 saturated heterocycles. The first kappa shape index (κ1) is 13.6. The standard InChI is InChI=1S/C15H19N3O/c1-2-18(9-5-8-16)15(19)14-10-12-6-3-4-7-13(12)11-17-14/h3-4,6-7,14,17H,2,5,9-11H2,1H3. The highest BCUT2D eigenvalue weighted by Gasteiger charge is 2.26. The second-order valence-electron chi connectivity index (χ2n) is 4.73. The summed E-state index contributed by atoms with van der Waals surface area (Å²) in [6.07, 6.45) is 1.13. The maximum Gasteiger partial charge on any atom is 0.240 e. The number of rotatable bonds is 4. The molecule has 1 aliphatic heterocycles. The van der Waals surface area contributed by atoms with E-state index in [4.69, 9.17) is 5.26 Å². The summed E-state index contributed by atoms with van der Waals surface area (Å²) in [5.74, 6) is 0.104. The number of carbonyl (C=O) groups excluding carboxylic acids is 1. The quantitative estimate of drug-likeness (QED) is 0.888. The van der Waals surface area contributed by atoms with E-state index in [1.54, 1.807) is 4.90 Å². The largest absolute Gasteiger partial charge is 0.341 e. The summed E-state index contributed by atoms with van der Waals surface area (Å²) >= 11 is 0. The second kappa shape index (κ2) is 6.35. The van der Waals surface area contributed by atoms with Gasteiger partial charge in [-0.3, -0.25) is 4.79 Å². The lowest BCUT2D eigenvalue weighted by atomic mass is 9.95. The molecule has 1 unspecified atom stereocenters. The summed E-state index contributed by atoms with van der Waals surface area (Å²) in [6.45, 7) is 3.86. The molecule has 0 fully saturated rings. The van der Waals surface area contributed by atoms with E-state index in [0.717, 1.165) is 13.0 Å². The van der Waals surface area contributed by atoms with E-state index in [1.807, 2.05) is 19.1 Å². The summed E-state index contributed by atoms with van der Waals surface area (Å²) in [5.41, 5.74) is 2.52. The zero-order valence-corrected chi connectivity index (χ0v) is 11.2. The third-order valence-corrected chi connectivity index (χ3v) is 3.57. The van der Waals surface area contributed by atoms with Crippen molar-refractivity contribution in [1.29, 1.82) is 5.26 Å². The van der Waals surface area contributed by atoms with Crippen LogP contribution >= 0.6 is 0 Å². The van der Waals surface area contributed by atoms with Crippen LogP contribution in [0.25, 0.3) is 0 Å². The molecule has 1 aromatic carbocycles. The van der Waals surface area contributed by atoms with Crippen LogP contribution in [0.5, 0.6) is 0 Å². The lowest BCUT2D eigenvalue weighted by Crippen LogP contribution is -2.49. The number of likely N-dealkylation sites (N-methyl/N-ethyl adjacent to an activating group) is 1. The van der Waals surface area contributed by atoms with E-state index in [9.17, 15) is 4.79 Å². The monoisotopic (exact) mass is 257 g/mol. The molecule has 4 heteroatoms. The summed E-state index contributed by atoms with van der Waals surface area (Å²) < 4.78 is 0. The lowest BCUT2D eigenvalue weighted by Gasteiger charge is -2.30. The van der Waals surface area contributed by atoms with E-state index in [2.05, 4.69) is 23.5 Å². The molecule has 1 N–H and O–H groups in total. The summed E-state index contributed by atoms with van der Waals surface area (Å²) in [5, 5.41) is 11.9. The first-order chi connectivity index (χ1) is 9.26. The van der Waals surface area contributed by atoms with Gasteiger partial charge in [-0.1, -0.05) is 24.3 Å². The summed E-state index contributed by atoms with van der Waals surface area (Å²) in [4.78, 5) is 14.2. The molecule has 100 valence electrons. The molecule has 0 bridgehead atoms. The Labute approximate surface area is 114 Å². The van der Waals surface area contributed by atoms with Gasteiger partial charge in [0.1, 0.15) is 0 Å². The number of nitriles is 1. The first-order valence-electron chi connectivity index (χ1n) is 6.72. The Bertz CT molecular complexity index is 492. The number of nitrogens with zero attached hydrogens (tertiary/aromatic N) is 2. The SMILES string of the molecule is CCN(CCC#N)C(=O)C1Cc2ccccc2CN1. The highest BCUT2D eigenvalue weighted by Crippen LogP contribution is 2.17. The van der Waals surface area contributed by atoms with Crippen LogP contribution in [0.1, 0.15) is 24.5 Å². The molecule has 0 radical (unpaired) electrons. The predicted molar refractivity (Wildman–Crippen MR) is 73.3 cm³/mol. The molecule has 1 atom stereocenters. The van der Waals surface area contributed by atoms with Crippen molar-refractivity contribution in [1.82, 2.24) is 10.2 Å². The van der Waals surface area contributed by atoms with E-state index in [-0.39, 0.29) is 11.9 Å². The van der Waals surface area contributed by atoms with Gasteiger partial charge in [-0.15, -0.1) is 0 Å². The van der Waals surface area contributed by atoms with Crippen LogP contribution in [0.15, 0.2) is 24.3 Å². The third-order valence-electron chi connectivity index (χ3n) is 3.57. The fourth-order valence-electron chi connectivity index (χ4n) is 2.46. The zero-order valence-electron chi connectivity index (χ0n) is 11.2. The van der Waals surface area contributed by atoms with Crippen LogP contribution < -0.4 is 5.32 Å². The smallest absolute Gasteiger partial charge is 0.240 e. The number of fused-ring (bicyclic) bond motifs is 1. The molecule has 4 nitrogen and oxygen atoms in total. The molecule has 0 saturated carbocycles. The first-order valence-corrected chi connectivity index (χ1v) is 6.72. The highest BCUT2D eigenvalue weighted by atomic mass is 16.2. The Hall–Kier alpha value is -1.86. The van der Waals surface area contributed by atoms with Crippen LogP contribution in [-0.2, 0) is 17.8 Å². The molecular weight excluding hydrogens is 238 g/mol. The van der Waals surface area contributed by atoms with Gasteiger partial charge in [0.05, 0.1) is 18.5 Å². The Morgan fingerprint density at radius 2 is 2.21 bits per heavy atom. The van der Waals surface area contributed by atoms with E-state index < -0.39 is 0 Å². The third kappa shape index (κ3) is 3.12. The number of nitrogens with one attached hydrogen (secondary N) is 1. The molecule has 19 heavy (non-hydrogen) atoms. The van der Waals surface area contributed by atoms with E-state index in [1.165, 1.54) is 11.1 Å². The van der Waals surface area contributed by atoms with Crippen LogP contribution in [0.2, 0.25) is 0 Å². The van der Waals surface area contributed by atoms with Crippen LogP contribution in [0, 0.1) is 11.3 Å².